The van der Waals surface area contributed by atoms with Gasteiger partial charge < -0.3 is 5.73 Å². The van der Waals surface area contributed by atoms with Crippen LogP contribution in [0.2, 0.25) is 0 Å². The van der Waals surface area contributed by atoms with Gasteiger partial charge in [0.25, 0.3) is 0 Å². The average Bonchev–Trinajstić information content (AvgIpc) is 2.39. The van der Waals surface area contributed by atoms with E-state index in [9.17, 15) is 0 Å². The number of nitrogens with two attached hydrogens (primary N) is 1. The molecule has 0 saturated heterocycles. The van der Waals surface area contributed by atoms with Crippen molar-refractivity contribution in [2.24, 2.45) is 5.73 Å². The van der Waals surface area contributed by atoms with Crippen molar-refractivity contribution in [1.82, 2.24) is 4.98 Å². The van der Waals surface area contributed by atoms with Crippen LogP contribution in [0.4, 0.5) is 0 Å². The summed E-state index contributed by atoms with van der Waals surface area (Å²) in [7, 11) is 0. The van der Waals surface area contributed by atoms with E-state index < -0.39 is 0 Å². The van der Waals surface area contributed by atoms with Crippen molar-refractivity contribution < 1.29 is 0 Å². The van der Waals surface area contributed by atoms with Crippen LogP contribution >= 0.6 is 0 Å². The molecule has 2 N–H and O–H groups in total. The molecule has 1 aliphatic carbocycles. The lowest BCUT2D eigenvalue weighted by Crippen LogP contribution is -2.38. The van der Waals surface area contributed by atoms with Gasteiger partial charge in [-0.1, -0.05) is 37.5 Å². The first kappa shape index (κ1) is 10.7. The molecule has 1 aromatic heterocycles. The highest BCUT2D eigenvalue weighted by molar-refractivity contribution is 5.79. The summed E-state index contributed by atoms with van der Waals surface area (Å²) >= 11 is 0. The number of nitrogens with zero attached hydrogens (tertiary/aromatic N) is 1. The van der Waals surface area contributed by atoms with Crippen LogP contribution in [-0.2, 0) is 5.54 Å². The summed E-state index contributed by atoms with van der Waals surface area (Å²) in [4.78, 5) is 4.41. The minimum atomic E-state index is -0.121. The number of hydrogen-bond donors (Lipinski definition) is 1. The second kappa shape index (κ2) is 4.11. The van der Waals surface area contributed by atoms with E-state index in [1.807, 2.05) is 12.3 Å². The maximum Gasteiger partial charge on any atom is 0.0705 e. The van der Waals surface area contributed by atoms with E-state index in [1.165, 1.54) is 30.2 Å². The molecular formula is C15H18N2. The van der Waals surface area contributed by atoms with Gasteiger partial charge in [0.1, 0.15) is 0 Å². The topological polar surface area (TPSA) is 38.9 Å². The van der Waals surface area contributed by atoms with Crippen molar-refractivity contribution in [3.63, 3.8) is 0 Å². The fourth-order valence-corrected chi connectivity index (χ4v) is 2.85. The number of benzene rings is 1. The minimum Gasteiger partial charge on any atom is -0.321 e. The van der Waals surface area contributed by atoms with E-state index in [2.05, 4.69) is 29.2 Å². The third-order valence-electron chi connectivity index (χ3n) is 3.93. The zero-order valence-corrected chi connectivity index (χ0v) is 10.0. The average molecular weight is 226 g/mol. The lowest BCUT2D eigenvalue weighted by Gasteiger charge is -2.34. The Morgan fingerprint density at radius 1 is 1.06 bits per heavy atom. The summed E-state index contributed by atoms with van der Waals surface area (Å²) in [6, 6.07) is 10.5. The molecule has 0 atom stereocenters. The van der Waals surface area contributed by atoms with Crippen LogP contribution in [0.5, 0.6) is 0 Å². The minimum absolute atomic E-state index is 0.121. The van der Waals surface area contributed by atoms with Gasteiger partial charge in [0.15, 0.2) is 0 Å². The molecule has 2 nitrogen and oxygen atoms in total. The Morgan fingerprint density at radius 2 is 1.88 bits per heavy atom. The summed E-state index contributed by atoms with van der Waals surface area (Å²) in [5.74, 6) is 0. The Kier molecular flexibility index (Phi) is 2.60. The normalized spacial score (nSPS) is 19.4. The van der Waals surface area contributed by atoms with Gasteiger partial charge in [-0.05, 0) is 30.5 Å². The van der Waals surface area contributed by atoms with E-state index in [0.29, 0.717) is 0 Å². The number of rotatable bonds is 1. The molecule has 88 valence electrons. The second-order valence-corrected chi connectivity index (χ2v) is 5.13. The molecule has 1 fully saturated rings. The molecular weight excluding hydrogens is 208 g/mol. The highest BCUT2D eigenvalue weighted by Gasteiger charge is 2.29. The van der Waals surface area contributed by atoms with Crippen molar-refractivity contribution in [1.29, 1.82) is 0 Å². The van der Waals surface area contributed by atoms with E-state index in [1.54, 1.807) is 0 Å². The van der Waals surface area contributed by atoms with Crippen LogP contribution in [0.25, 0.3) is 10.9 Å². The third-order valence-corrected chi connectivity index (χ3v) is 3.93. The maximum absolute atomic E-state index is 6.54. The maximum atomic E-state index is 6.54. The molecule has 1 aliphatic rings. The summed E-state index contributed by atoms with van der Waals surface area (Å²) in [5.41, 5.74) is 8.73. The predicted molar refractivity (Wildman–Crippen MR) is 70.7 cm³/mol. The Hall–Kier alpha value is -1.41. The molecule has 0 aliphatic heterocycles. The SMILES string of the molecule is NC1(c2ccc3cccnc3c2)CCCCC1. The standard InChI is InChI=1S/C15H18N2/c16-15(8-2-1-3-9-15)13-7-6-12-5-4-10-17-14(12)11-13/h4-7,10-11H,1-3,8-9,16H2. The summed E-state index contributed by atoms with van der Waals surface area (Å²) in [6.07, 6.45) is 7.87. The molecule has 1 saturated carbocycles. The first-order valence-corrected chi connectivity index (χ1v) is 6.42. The highest BCUT2D eigenvalue weighted by atomic mass is 14.7. The van der Waals surface area contributed by atoms with Crippen molar-refractivity contribution >= 4 is 10.9 Å². The van der Waals surface area contributed by atoms with Crippen LogP contribution in [0, 0.1) is 0 Å². The number of pyridine rings is 1. The third kappa shape index (κ3) is 1.93. The zero-order chi connectivity index (χ0) is 11.7. The molecule has 0 radical (unpaired) electrons. The summed E-state index contributed by atoms with van der Waals surface area (Å²) in [6.45, 7) is 0. The lowest BCUT2D eigenvalue weighted by molar-refractivity contribution is 0.302. The monoisotopic (exact) mass is 226 g/mol. The number of fused-ring (bicyclic) bond motifs is 1. The molecule has 0 bridgehead atoms. The van der Waals surface area contributed by atoms with Gasteiger partial charge in [-0.2, -0.15) is 0 Å². The second-order valence-electron chi connectivity index (χ2n) is 5.13. The van der Waals surface area contributed by atoms with Crippen LogP contribution < -0.4 is 5.73 Å². The predicted octanol–water partition coefficient (Wildman–Crippen LogP) is 3.35. The zero-order valence-electron chi connectivity index (χ0n) is 10.0. The highest BCUT2D eigenvalue weighted by Crippen LogP contribution is 2.35. The van der Waals surface area contributed by atoms with E-state index in [0.717, 1.165) is 18.4 Å². The van der Waals surface area contributed by atoms with E-state index in [-0.39, 0.29) is 5.54 Å². The van der Waals surface area contributed by atoms with Gasteiger partial charge in [-0.3, -0.25) is 4.98 Å². The summed E-state index contributed by atoms with van der Waals surface area (Å²) in [5, 5.41) is 1.19. The molecule has 1 heterocycles. The van der Waals surface area contributed by atoms with Crippen LogP contribution in [0.1, 0.15) is 37.7 Å². The quantitative estimate of drug-likeness (QED) is 0.809. The number of hydrogen-bond acceptors (Lipinski definition) is 2. The van der Waals surface area contributed by atoms with Crippen molar-refractivity contribution in [2.45, 2.75) is 37.6 Å². The van der Waals surface area contributed by atoms with E-state index >= 15 is 0 Å². The molecule has 2 aromatic rings. The number of aromatic nitrogens is 1. The first-order valence-electron chi connectivity index (χ1n) is 6.42. The van der Waals surface area contributed by atoms with Crippen LogP contribution in [0.3, 0.4) is 0 Å². The molecule has 0 unspecified atom stereocenters. The van der Waals surface area contributed by atoms with Crippen molar-refractivity contribution in [3.8, 4) is 0 Å². The van der Waals surface area contributed by atoms with Crippen molar-refractivity contribution in [2.75, 3.05) is 0 Å². The van der Waals surface area contributed by atoms with Gasteiger partial charge in [-0.15, -0.1) is 0 Å². The fraction of sp³-hybridized carbons (Fsp3) is 0.400. The Balaban J connectivity index is 2.05. The molecule has 1 aromatic carbocycles. The van der Waals surface area contributed by atoms with Gasteiger partial charge in [0.05, 0.1) is 5.52 Å². The van der Waals surface area contributed by atoms with Gasteiger partial charge in [0, 0.05) is 17.1 Å². The Morgan fingerprint density at radius 3 is 2.71 bits per heavy atom. The molecule has 2 heteroatoms. The van der Waals surface area contributed by atoms with Gasteiger partial charge >= 0.3 is 0 Å². The van der Waals surface area contributed by atoms with Gasteiger partial charge in [0.2, 0.25) is 0 Å². The Labute approximate surface area is 102 Å². The van der Waals surface area contributed by atoms with Crippen LogP contribution in [-0.4, -0.2) is 4.98 Å². The summed E-state index contributed by atoms with van der Waals surface area (Å²) < 4.78 is 0. The molecule has 3 rings (SSSR count). The fourth-order valence-electron chi connectivity index (χ4n) is 2.85. The largest absolute Gasteiger partial charge is 0.321 e. The molecule has 0 spiro atoms. The molecule has 17 heavy (non-hydrogen) atoms. The van der Waals surface area contributed by atoms with Gasteiger partial charge in [-0.25, -0.2) is 0 Å². The van der Waals surface area contributed by atoms with E-state index in [4.69, 9.17) is 5.73 Å². The van der Waals surface area contributed by atoms with Crippen LogP contribution in [0.15, 0.2) is 36.5 Å². The smallest absolute Gasteiger partial charge is 0.0705 e. The first-order chi connectivity index (χ1) is 8.28. The molecule has 0 amide bonds. The van der Waals surface area contributed by atoms with Crippen molar-refractivity contribution in [3.05, 3.63) is 42.1 Å². The Bertz CT molecular complexity index is 527. The lowest BCUT2D eigenvalue weighted by atomic mass is 9.77.